The molecule has 0 atom stereocenters. The summed E-state index contributed by atoms with van der Waals surface area (Å²) in [6.45, 7) is 2.09. The van der Waals surface area contributed by atoms with E-state index in [0.29, 0.717) is 0 Å². The van der Waals surface area contributed by atoms with Gasteiger partial charge in [0, 0.05) is 17.4 Å². The fourth-order valence-electron chi connectivity index (χ4n) is 2.64. The molecule has 0 spiro atoms. The van der Waals surface area contributed by atoms with Gasteiger partial charge in [-0.1, -0.05) is 12.1 Å². The van der Waals surface area contributed by atoms with Gasteiger partial charge in [-0.15, -0.1) is 9.13 Å². The number of aromatic nitrogens is 2. The zero-order chi connectivity index (χ0) is 17.7. The number of nitrogens with two attached hydrogens (primary N) is 1. The number of benzene rings is 2. The van der Waals surface area contributed by atoms with E-state index in [9.17, 15) is 0 Å². The lowest BCUT2D eigenvalue weighted by molar-refractivity contribution is -0.783. The number of hydrogen-bond acceptors (Lipinski definition) is 3. The largest absolute Gasteiger partial charge is 0.408 e. The van der Waals surface area contributed by atoms with Gasteiger partial charge < -0.3 is 11.1 Å². The highest BCUT2D eigenvalue weighted by atomic mass is 15.1. The van der Waals surface area contributed by atoms with Gasteiger partial charge in [0.25, 0.3) is 12.9 Å². The van der Waals surface area contributed by atoms with Crippen molar-refractivity contribution in [3.63, 3.8) is 0 Å². The molecule has 0 unspecified atom stereocenters. The molecule has 24 heavy (non-hydrogen) atoms. The standard InChI is InChI=1S/C17H19N4.CH3N2/c1-12-5-4-6-14(9-12)19-17-15-10-13(18)7-8-16(15)20(2)11-21(17)3;1-3-2/h4-11H,18H2,1-3H3;1H3/q2*+1/p+1. The van der Waals surface area contributed by atoms with Gasteiger partial charge in [-0.25, -0.2) is 0 Å². The van der Waals surface area contributed by atoms with E-state index in [0.717, 1.165) is 28.1 Å². The van der Waals surface area contributed by atoms with Crippen molar-refractivity contribution in [2.24, 2.45) is 14.1 Å². The van der Waals surface area contributed by atoms with Gasteiger partial charge in [-0.3, -0.25) is 0 Å². The van der Waals surface area contributed by atoms with E-state index in [2.05, 4.69) is 56.9 Å². The minimum absolute atomic E-state index is 0.765. The Hall–Kier alpha value is -3.20. The molecule has 0 aliphatic rings. The van der Waals surface area contributed by atoms with E-state index in [-0.39, 0.29) is 0 Å². The Labute approximate surface area is 141 Å². The first-order valence-electron chi connectivity index (χ1n) is 7.60. The summed E-state index contributed by atoms with van der Waals surface area (Å²) in [4.78, 5) is 2.50. The number of hydrogen-bond donors (Lipinski definition) is 2. The van der Waals surface area contributed by atoms with E-state index < -0.39 is 0 Å². The van der Waals surface area contributed by atoms with Gasteiger partial charge in [0.05, 0.1) is 0 Å². The fraction of sp³-hybridized carbons (Fsp3) is 0.222. The molecule has 122 valence electrons. The maximum absolute atomic E-state index is 7.19. The van der Waals surface area contributed by atoms with E-state index in [1.54, 1.807) is 0 Å². The van der Waals surface area contributed by atoms with Crippen LogP contribution >= 0.6 is 0 Å². The van der Waals surface area contributed by atoms with Crippen molar-refractivity contribution in [1.29, 1.82) is 5.39 Å². The summed E-state index contributed by atoms with van der Waals surface area (Å²) in [6, 6.07) is 14.3. The van der Waals surface area contributed by atoms with Gasteiger partial charge >= 0.3 is 6.33 Å². The summed E-state index contributed by atoms with van der Waals surface area (Å²) in [5.74, 6) is 1.03. The summed E-state index contributed by atoms with van der Waals surface area (Å²) in [7, 11) is 5.37. The van der Waals surface area contributed by atoms with Crippen molar-refractivity contribution in [2.75, 3.05) is 18.1 Å². The van der Waals surface area contributed by atoms with E-state index in [1.807, 2.05) is 32.3 Å². The molecule has 0 aliphatic carbocycles. The van der Waals surface area contributed by atoms with Gasteiger partial charge in [-0.2, -0.15) is 0 Å². The number of diazo groups is 1. The Morgan fingerprint density at radius 2 is 1.79 bits per heavy atom. The Kier molecular flexibility index (Phi) is 5.27. The second-order valence-corrected chi connectivity index (χ2v) is 5.66. The quantitative estimate of drug-likeness (QED) is 0.432. The zero-order valence-electron chi connectivity index (χ0n) is 14.5. The average Bonchev–Trinajstić information content (AvgIpc) is 2.52. The first-order chi connectivity index (χ1) is 11.5. The maximum Gasteiger partial charge on any atom is 0.408 e. The second-order valence-electron chi connectivity index (χ2n) is 5.66. The van der Waals surface area contributed by atoms with Crippen LogP contribution in [0.25, 0.3) is 15.9 Å². The predicted molar refractivity (Wildman–Crippen MR) is 96.2 cm³/mol. The molecule has 6 heteroatoms. The van der Waals surface area contributed by atoms with Crippen LogP contribution in [0.2, 0.25) is 0 Å². The minimum atomic E-state index is 0.765. The third-order valence-corrected chi connectivity index (χ3v) is 3.64. The van der Waals surface area contributed by atoms with Crippen LogP contribution in [0.3, 0.4) is 0 Å². The summed E-state index contributed by atoms with van der Waals surface area (Å²) >= 11 is 0. The summed E-state index contributed by atoms with van der Waals surface area (Å²) in [5.41, 5.74) is 10.2. The average molecular weight is 323 g/mol. The fourth-order valence-corrected chi connectivity index (χ4v) is 2.64. The number of aryl methyl sites for hydroxylation is 3. The zero-order valence-corrected chi connectivity index (χ0v) is 14.5. The van der Waals surface area contributed by atoms with Crippen molar-refractivity contribution < 1.29 is 9.13 Å². The molecule has 6 nitrogen and oxygen atoms in total. The molecule has 3 aromatic rings. The van der Waals surface area contributed by atoms with Crippen LogP contribution < -0.4 is 20.2 Å². The minimum Gasteiger partial charge on any atom is -0.399 e. The molecule has 0 fully saturated rings. The highest BCUT2D eigenvalue weighted by Crippen LogP contribution is 2.23. The molecule has 0 bridgehead atoms. The normalized spacial score (nSPS) is 9.79. The molecule has 1 aromatic heterocycles. The van der Waals surface area contributed by atoms with Crippen molar-refractivity contribution in [1.82, 2.24) is 0 Å². The lowest BCUT2D eigenvalue weighted by atomic mass is 10.2. The van der Waals surface area contributed by atoms with Crippen LogP contribution in [0, 0.1) is 12.3 Å². The Bertz CT molecular complexity index is 911. The topological polar surface area (TPSA) is 74.0 Å². The van der Waals surface area contributed by atoms with Gasteiger partial charge in [0.1, 0.15) is 24.5 Å². The molecular formula is C18H23N6+3. The predicted octanol–water partition coefficient (Wildman–Crippen LogP) is 2.59. The lowest BCUT2D eigenvalue weighted by Crippen LogP contribution is -2.44. The highest BCUT2D eigenvalue weighted by molar-refractivity contribution is 5.89. The van der Waals surface area contributed by atoms with Crippen molar-refractivity contribution in [2.45, 2.75) is 6.92 Å². The first kappa shape index (κ1) is 17.2. The van der Waals surface area contributed by atoms with Gasteiger partial charge in [0.2, 0.25) is 10.9 Å². The SMILES string of the molecule is C[N+]#N.Cc1cccc(Nc2c3cc(N)ccc3[n+](C)c[n+]2C)c1. The van der Waals surface area contributed by atoms with Crippen LogP contribution in [0.15, 0.2) is 48.8 Å². The molecule has 1 heterocycles. The Balaban J connectivity index is 0.000000647. The molecule has 0 saturated heterocycles. The van der Waals surface area contributed by atoms with Gasteiger partial charge in [-0.05, 0) is 36.8 Å². The van der Waals surface area contributed by atoms with E-state index >= 15 is 0 Å². The van der Waals surface area contributed by atoms with Crippen molar-refractivity contribution >= 4 is 28.1 Å². The summed E-state index contributed by atoms with van der Waals surface area (Å²) < 4.78 is 4.17. The maximum atomic E-state index is 7.19. The van der Waals surface area contributed by atoms with Gasteiger partial charge in [0.15, 0.2) is 0 Å². The molecule has 2 aromatic carbocycles. The molecule has 0 saturated carbocycles. The third-order valence-electron chi connectivity index (χ3n) is 3.64. The van der Waals surface area contributed by atoms with E-state index in [1.165, 1.54) is 12.6 Å². The van der Waals surface area contributed by atoms with Crippen LogP contribution in [0.5, 0.6) is 0 Å². The lowest BCUT2D eigenvalue weighted by Gasteiger charge is -2.07. The van der Waals surface area contributed by atoms with Crippen LogP contribution in [0.1, 0.15) is 5.56 Å². The van der Waals surface area contributed by atoms with Crippen LogP contribution in [-0.2, 0) is 14.1 Å². The molecule has 0 aliphatic heterocycles. The molecule has 3 rings (SSSR count). The van der Waals surface area contributed by atoms with Crippen LogP contribution in [-0.4, -0.2) is 7.05 Å². The number of anilines is 3. The number of fused-ring (bicyclic) bond motifs is 1. The Morgan fingerprint density at radius 3 is 2.46 bits per heavy atom. The Morgan fingerprint density at radius 1 is 1.08 bits per heavy atom. The van der Waals surface area contributed by atoms with E-state index in [4.69, 9.17) is 11.1 Å². The number of nitrogens with zero attached hydrogens (tertiary/aromatic N) is 4. The third kappa shape index (κ3) is 3.76. The van der Waals surface area contributed by atoms with Crippen molar-refractivity contribution in [3.8, 4) is 0 Å². The smallest absolute Gasteiger partial charge is 0.399 e. The van der Waals surface area contributed by atoms with Crippen LogP contribution in [0.4, 0.5) is 17.2 Å². The summed E-state index contributed by atoms with van der Waals surface area (Å²) in [5, 5.41) is 11.8. The molecular weight excluding hydrogens is 300 g/mol. The first-order valence-corrected chi connectivity index (χ1v) is 7.60. The number of nitrogens with one attached hydrogen (secondary N) is 1. The monoisotopic (exact) mass is 323 g/mol. The number of nitrogen functional groups attached to an aromatic ring is 1. The molecule has 0 radical (unpaired) electrons. The summed E-state index contributed by atoms with van der Waals surface area (Å²) in [6.07, 6.45) is 2.05. The second kappa shape index (κ2) is 7.38. The van der Waals surface area contributed by atoms with Crippen molar-refractivity contribution in [3.05, 3.63) is 59.3 Å². The molecule has 0 amide bonds. The molecule has 3 N–H and O–H groups in total. The highest BCUT2D eigenvalue weighted by Gasteiger charge is 2.20. The number of rotatable bonds is 2.